The number of ether oxygens (including phenoxy) is 1. The Hall–Kier alpha value is -1.20. The molecule has 0 radical (unpaired) electrons. The van der Waals surface area contributed by atoms with Crippen molar-refractivity contribution in [1.82, 2.24) is 14.9 Å². The molecule has 0 bridgehead atoms. The minimum atomic E-state index is 0.248. The van der Waals surface area contributed by atoms with Crippen molar-refractivity contribution in [3.05, 3.63) is 18.1 Å². The highest BCUT2D eigenvalue weighted by Crippen LogP contribution is 2.18. The summed E-state index contributed by atoms with van der Waals surface area (Å²) in [5, 5.41) is 0. The molecule has 5 nitrogen and oxygen atoms in total. The van der Waals surface area contributed by atoms with Gasteiger partial charge in [-0.2, -0.15) is 0 Å². The molecule has 0 aromatic carbocycles. The average Bonchev–Trinajstić information content (AvgIpc) is 2.33. The number of hydrogen-bond donors (Lipinski definition) is 1. The van der Waals surface area contributed by atoms with Crippen LogP contribution in [0.25, 0.3) is 0 Å². The zero-order chi connectivity index (χ0) is 11.4. The Morgan fingerprint density at radius 3 is 2.75 bits per heavy atom. The number of piperidine rings is 1. The van der Waals surface area contributed by atoms with E-state index in [4.69, 9.17) is 10.5 Å². The molecule has 1 aliphatic heterocycles. The maximum absolute atomic E-state index is 5.85. The molecule has 0 saturated carbocycles. The van der Waals surface area contributed by atoms with Crippen LogP contribution in [-0.4, -0.2) is 41.1 Å². The molecule has 88 valence electrons. The van der Waals surface area contributed by atoms with E-state index < -0.39 is 0 Å². The smallest absolute Gasteiger partial charge is 0.237 e. The number of aromatic nitrogens is 2. The van der Waals surface area contributed by atoms with E-state index >= 15 is 0 Å². The van der Waals surface area contributed by atoms with Crippen LogP contribution in [0.5, 0.6) is 5.88 Å². The van der Waals surface area contributed by atoms with Crippen molar-refractivity contribution in [3.8, 4) is 5.88 Å². The Bertz CT molecular complexity index is 337. The Balaban J connectivity index is 1.98. The molecular weight excluding hydrogens is 204 g/mol. The first-order chi connectivity index (χ1) is 7.79. The fourth-order valence-corrected chi connectivity index (χ4v) is 1.85. The van der Waals surface area contributed by atoms with Gasteiger partial charge < -0.3 is 15.4 Å². The number of likely N-dealkylation sites (tertiary alicyclic amines) is 1. The highest BCUT2D eigenvalue weighted by molar-refractivity contribution is 5.17. The van der Waals surface area contributed by atoms with E-state index in [-0.39, 0.29) is 6.10 Å². The monoisotopic (exact) mass is 222 g/mol. The first-order valence-corrected chi connectivity index (χ1v) is 5.64. The summed E-state index contributed by atoms with van der Waals surface area (Å²) in [7, 11) is 2.13. The van der Waals surface area contributed by atoms with Crippen molar-refractivity contribution in [3.63, 3.8) is 0 Å². The van der Waals surface area contributed by atoms with Crippen LogP contribution in [0.1, 0.15) is 18.5 Å². The third-order valence-electron chi connectivity index (χ3n) is 2.87. The Labute approximate surface area is 95.6 Å². The van der Waals surface area contributed by atoms with E-state index in [0.29, 0.717) is 12.4 Å². The average molecular weight is 222 g/mol. The van der Waals surface area contributed by atoms with E-state index in [1.807, 2.05) is 0 Å². The van der Waals surface area contributed by atoms with Gasteiger partial charge in [0.05, 0.1) is 0 Å². The lowest BCUT2D eigenvalue weighted by molar-refractivity contribution is 0.108. The van der Waals surface area contributed by atoms with Crippen molar-refractivity contribution in [2.45, 2.75) is 25.5 Å². The highest BCUT2D eigenvalue weighted by atomic mass is 16.5. The second-order valence-electron chi connectivity index (χ2n) is 4.13. The predicted molar refractivity (Wildman–Crippen MR) is 61.1 cm³/mol. The van der Waals surface area contributed by atoms with Gasteiger partial charge in [-0.15, -0.1) is 0 Å². The van der Waals surface area contributed by atoms with Crippen LogP contribution in [0, 0.1) is 0 Å². The van der Waals surface area contributed by atoms with Crippen LogP contribution >= 0.6 is 0 Å². The van der Waals surface area contributed by atoms with Gasteiger partial charge in [0.1, 0.15) is 11.8 Å². The van der Waals surface area contributed by atoms with Crippen molar-refractivity contribution in [2.75, 3.05) is 20.1 Å². The second kappa shape index (κ2) is 5.23. The van der Waals surface area contributed by atoms with Crippen molar-refractivity contribution < 1.29 is 4.74 Å². The quantitative estimate of drug-likeness (QED) is 0.802. The van der Waals surface area contributed by atoms with Gasteiger partial charge in [0, 0.05) is 32.0 Å². The molecule has 0 amide bonds. The van der Waals surface area contributed by atoms with E-state index in [1.54, 1.807) is 12.4 Å². The van der Waals surface area contributed by atoms with Gasteiger partial charge in [-0.1, -0.05) is 0 Å². The summed E-state index contributed by atoms with van der Waals surface area (Å²) in [6.07, 6.45) is 5.61. The fourth-order valence-electron chi connectivity index (χ4n) is 1.85. The van der Waals surface area contributed by atoms with Crippen molar-refractivity contribution >= 4 is 0 Å². The third kappa shape index (κ3) is 2.68. The summed E-state index contributed by atoms with van der Waals surface area (Å²) in [4.78, 5) is 10.6. The van der Waals surface area contributed by atoms with Crippen molar-refractivity contribution in [2.24, 2.45) is 5.73 Å². The zero-order valence-electron chi connectivity index (χ0n) is 9.59. The predicted octanol–water partition coefficient (Wildman–Crippen LogP) is 0.408. The summed E-state index contributed by atoms with van der Waals surface area (Å²) < 4.78 is 5.85. The molecule has 1 fully saturated rings. The molecule has 0 spiro atoms. The second-order valence-corrected chi connectivity index (χ2v) is 4.13. The van der Waals surface area contributed by atoms with Crippen LogP contribution in [-0.2, 0) is 6.54 Å². The molecule has 0 aliphatic carbocycles. The van der Waals surface area contributed by atoms with Gasteiger partial charge in [0.2, 0.25) is 5.88 Å². The first kappa shape index (κ1) is 11.3. The van der Waals surface area contributed by atoms with Crippen LogP contribution < -0.4 is 10.5 Å². The number of nitrogens with two attached hydrogens (primary N) is 1. The molecular formula is C11H18N4O. The normalized spacial score (nSPS) is 18.6. The van der Waals surface area contributed by atoms with Gasteiger partial charge in [-0.25, -0.2) is 4.98 Å². The molecule has 1 saturated heterocycles. The fraction of sp³-hybridized carbons (Fsp3) is 0.636. The number of hydrogen-bond acceptors (Lipinski definition) is 5. The third-order valence-corrected chi connectivity index (χ3v) is 2.87. The molecule has 2 N–H and O–H groups in total. The molecule has 2 heterocycles. The molecule has 1 aromatic rings. The Morgan fingerprint density at radius 2 is 2.06 bits per heavy atom. The lowest BCUT2D eigenvalue weighted by Crippen LogP contribution is -2.36. The lowest BCUT2D eigenvalue weighted by Gasteiger charge is -2.29. The van der Waals surface area contributed by atoms with Gasteiger partial charge in [0.25, 0.3) is 0 Å². The van der Waals surface area contributed by atoms with Crippen molar-refractivity contribution in [1.29, 1.82) is 0 Å². The van der Waals surface area contributed by atoms with E-state index in [0.717, 1.165) is 31.6 Å². The summed E-state index contributed by atoms with van der Waals surface area (Å²) in [5.41, 5.74) is 6.32. The Morgan fingerprint density at radius 1 is 1.38 bits per heavy atom. The number of nitrogens with zero attached hydrogens (tertiary/aromatic N) is 3. The topological polar surface area (TPSA) is 64.3 Å². The lowest BCUT2D eigenvalue weighted by atomic mass is 10.1. The van der Waals surface area contributed by atoms with Crippen LogP contribution in [0.3, 0.4) is 0 Å². The van der Waals surface area contributed by atoms with Gasteiger partial charge in [0.15, 0.2) is 0 Å². The van der Waals surface area contributed by atoms with Gasteiger partial charge >= 0.3 is 0 Å². The zero-order valence-corrected chi connectivity index (χ0v) is 9.59. The molecule has 0 unspecified atom stereocenters. The van der Waals surface area contributed by atoms with Crippen LogP contribution in [0.2, 0.25) is 0 Å². The Kier molecular flexibility index (Phi) is 3.69. The molecule has 5 heteroatoms. The van der Waals surface area contributed by atoms with Gasteiger partial charge in [-0.05, 0) is 19.9 Å². The van der Waals surface area contributed by atoms with E-state index in [2.05, 4.69) is 21.9 Å². The maximum Gasteiger partial charge on any atom is 0.237 e. The summed E-state index contributed by atoms with van der Waals surface area (Å²) in [6, 6.07) is 0. The minimum absolute atomic E-state index is 0.248. The molecule has 1 aliphatic rings. The summed E-state index contributed by atoms with van der Waals surface area (Å²) in [6.45, 7) is 2.52. The molecule has 1 aromatic heterocycles. The van der Waals surface area contributed by atoms with Gasteiger partial charge in [-0.3, -0.25) is 4.98 Å². The largest absolute Gasteiger partial charge is 0.473 e. The molecule has 0 atom stereocenters. The first-order valence-electron chi connectivity index (χ1n) is 5.64. The van der Waals surface area contributed by atoms with E-state index in [1.165, 1.54) is 0 Å². The van der Waals surface area contributed by atoms with Crippen LogP contribution in [0.4, 0.5) is 0 Å². The summed E-state index contributed by atoms with van der Waals surface area (Å²) >= 11 is 0. The minimum Gasteiger partial charge on any atom is -0.473 e. The summed E-state index contributed by atoms with van der Waals surface area (Å²) in [5.74, 6) is 0.597. The van der Waals surface area contributed by atoms with Crippen LogP contribution in [0.15, 0.2) is 12.4 Å². The van der Waals surface area contributed by atoms with E-state index in [9.17, 15) is 0 Å². The maximum atomic E-state index is 5.85. The molecule has 16 heavy (non-hydrogen) atoms. The highest BCUT2D eigenvalue weighted by Gasteiger charge is 2.19. The number of rotatable bonds is 3. The molecule has 2 rings (SSSR count). The standard InChI is InChI=1S/C11H18N4O/c1-15-6-2-9(3-7-15)16-11-10(8-12)13-4-5-14-11/h4-5,9H,2-3,6-8,12H2,1H3. The SMILES string of the molecule is CN1CCC(Oc2nccnc2CN)CC1.